The molecule has 6 heteroatoms. The standard InChI is InChI=1S/C14H10BrN3OS/c15-10-4-6-11(7-5-10)17-14-18(13(19)9-20-14)12-3-1-2-8-16-12/h1-8H,9H2. The summed E-state index contributed by atoms with van der Waals surface area (Å²) in [5, 5.41) is 0.663. The number of aromatic nitrogens is 1. The van der Waals surface area contributed by atoms with E-state index in [0.717, 1.165) is 10.2 Å². The fraction of sp³-hybridized carbons (Fsp3) is 0.0714. The first-order valence-electron chi connectivity index (χ1n) is 5.95. The number of carbonyl (C=O) groups excluding carboxylic acids is 1. The van der Waals surface area contributed by atoms with Crippen molar-refractivity contribution in [2.45, 2.75) is 0 Å². The molecule has 0 aliphatic carbocycles. The smallest absolute Gasteiger partial charge is 0.244 e. The van der Waals surface area contributed by atoms with Crippen LogP contribution in [0.3, 0.4) is 0 Å². The van der Waals surface area contributed by atoms with E-state index >= 15 is 0 Å². The first kappa shape index (κ1) is 13.3. The molecule has 4 nitrogen and oxygen atoms in total. The van der Waals surface area contributed by atoms with Gasteiger partial charge in [0, 0.05) is 10.7 Å². The SMILES string of the molecule is O=C1CSC(=Nc2ccc(Br)cc2)N1c1ccccn1. The summed E-state index contributed by atoms with van der Waals surface area (Å²) < 4.78 is 0.998. The Labute approximate surface area is 129 Å². The number of pyridine rings is 1. The predicted molar refractivity (Wildman–Crippen MR) is 85.4 cm³/mol. The highest BCUT2D eigenvalue weighted by Crippen LogP contribution is 2.27. The summed E-state index contributed by atoms with van der Waals surface area (Å²) in [6, 6.07) is 13.1. The summed E-state index contributed by atoms with van der Waals surface area (Å²) in [4.78, 5) is 22.3. The minimum atomic E-state index is 0.00422. The molecule has 0 atom stereocenters. The third-order valence-electron chi connectivity index (χ3n) is 2.70. The molecule has 1 aromatic heterocycles. The van der Waals surface area contributed by atoms with E-state index in [4.69, 9.17) is 0 Å². The second kappa shape index (κ2) is 5.76. The number of carbonyl (C=O) groups is 1. The van der Waals surface area contributed by atoms with E-state index < -0.39 is 0 Å². The van der Waals surface area contributed by atoms with Crippen LogP contribution in [0.1, 0.15) is 0 Å². The molecule has 100 valence electrons. The van der Waals surface area contributed by atoms with Crippen LogP contribution in [0.15, 0.2) is 58.1 Å². The lowest BCUT2D eigenvalue weighted by molar-refractivity contribution is -0.115. The van der Waals surface area contributed by atoms with Crippen molar-refractivity contribution in [2.24, 2.45) is 4.99 Å². The summed E-state index contributed by atoms with van der Waals surface area (Å²) in [5.41, 5.74) is 0.811. The molecular formula is C14H10BrN3OS. The monoisotopic (exact) mass is 347 g/mol. The van der Waals surface area contributed by atoms with Crippen molar-refractivity contribution < 1.29 is 4.79 Å². The maximum Gasteiger partial charge on any atom is 0.244 e. The minimum absolute atomic E-state index is 0.00422. The lowest BCUT2D eigenvalue weighted by atomic mass is 10.3. The van der Waals surface area contributed by atoms with Crippen LogP contribution in [0.2, 0.25) is 0 Å². The van der Waals surface area contributed by atoms with Gasteiger partial charge in [0.25, 0.3) is 0 Å². The molecule has 20 heavy (non-hydrogen) atoms. The Morgan fingerprint density at radius 1 is 1.20 bits per heavy atom. The molecule has 1 aromatic carbocycles. The summed E-state index contributed by atoms with van der Waals surface area (Å²) in [6.07, 6.45) is 1.67. The van der Waals surface area contributed by atoms with Gasteiger partial charge in [-0.1, -0.05) is 33.8 Å². The number of amides is 1. The molecule has 2 aromatic rings. The van der Waals surface area contributed by atoms with Gasteiger partial charge in [0.15, 0.2) is 5.17 Å². The normalized spacial score (nSPS) is 16.9. The largest absolute Gasteiger partial charge is 0.273 e. The average Bonchev–Trinajstić information content (AvgIpc) is 2.83. The van der Waals surface area contributed by atoms with Crippen LogP contribution in [0, 0.1) is 0 Å². The number of anilines is 1. The number of amidine groups is 1. The third kappa shape index (κ3) is 2.76. The second-order valence-electron chi connectivity index (χ2n) is 4.08. The molecule has 2 heterocycles. The Morgan fingerprint density at radius 3 is 2.70 bits per heavy atom. The highest BCUT2D eigenvalue weighted by atomic mass is 79.9. The van der Waals surface area contributed by atoms with Gasteiger partial charge < -0.3 is 0 Å². The molecule has 0 bridgehead atoms. The number of hydrogen-bond donors (Lipinski definition) is 0. The number of benzene rings is 1. The summed E-state index contributed by atoms with van der Waals surface area (Å²) >= 11 is 4.82. The predicted octanol–water partition coefficient (Wildman–Crippen LogP) is 3.61. The van der Waals surface area contributed by atoms with E-state index in [-0.39, 0.29) is 5.91 Å². The lowest BCUT2D eigenvalue weighted by Gasteiger charge is -2.14. The molecule has 1 aliphatic heterocycles. The molecule has 1 saturated heterocycles. The molecule has 0 radical (unpaired) electrons. The number of halogens is 1. The van der Waals surface area contributed by atoms with Crippen LogP contribution in [0.25, 0.3) is 0 Å². The third-order valence-corrected chi connectivity index (χ3v) is 4.15. The van der Waals surface area contributed by atoms with E-state index in [1.54, 1.807) is 17.2 Å². The number of thioether (sulfide) groups is 1. The number of aliphatic imine (C=N–C) groups is 1. The zero-order chi connectivity index (χ0) is 13.9. The Kier molecular flexibility index (Phi) is 3.84. The highest BCUT2D eigenvalue weighted by molar-refractivity contribution is 9.10. The number of nitrogens with zero attached hydrogens (tertiary/aromatic N) is 3. The van der Waals surface area contributed by atoms with E-state index in [0.29, 0.717) is 16.7 Å². The van der Waals surface area contributed by atoms with Crippen molar-refractivity contribution in [3.63, 3.8) is 0 Å². The Bertz CT molecular complexity index is 658. The van der Waals surface area contributed by atoms with Gasteiger partial charge in [-0.2, -0.15) is 0 Å². The molecule has 0 unspecified atom stereocenters. The van der Waals surface area contributed by atoms with Crippen LogP contribution < -0.4 is 4.90 Å². The van der Waals surface area contributed by atoms with Gasteiger partial charge in [-0.05, 0) is 36.4 Å². The van der Waals surface area contributed by atoms with Crippen LogP contribution >= 0.6 is 27.7 Å². The zero-order valence-corrected chi connectivity index (χ0v) is 12.8. The van der Waals surface area contributed by atoms with E-state index in [2.05, 4.69) is 25.9 Å². The first-order valence-corrected chi connectivity index (χ1v) is 7.73. The van der Waals surface area contributed by atoms with E-state index in [9.17, 15) is 4.79 Å². The topological polar surface area (TPSA) is 45.6 Å². The second-order valence-corrected chi connectivity index (χ2v) is 5.93. The molecule has 1 fully saturated rings. The fourth-order valence-electron chi connectivity index (χ4n) is 1.78. The molecule has 1 aliphatic rings. The first-order chi connectivity index (χ1) is 9.74. The van der Waals surface area contributed by atoms with Crippen molar-refractivity contribution in [2.75, 3.05) is 10.7 Å². The maximum atomic E-state index is 12.0. The van der Waals surface area contributed by atoms with Gasteiger partial charge in [-0.3, -0.25) is 4.79 Å². The minimum Gasteiger partial charge on any atom is -0.273 e. The van der Waals surface area contributed by atoms with Crippen molar-refractivity contribution in [3.05, 3.63) is 53.1 Å². The maximum absolute atomic E-state index is 12.0. The van der Waals surface area contributed by atoms with Crippen LogP contribution in [0.4, 0.5) is 11.5 Å². The molecule has 1 amide bonds. The average molecular weight is 348 g/mol. The van der Waals surface area contributed by atoms with Gasteiger partial charge in [0.05, 0.1) is 11.4 Å². The zero-order valence-electron chi connectivity index (χ0n) is 10.4. The van der Waals surface area contributed by atoms with Crippen LogP contribution in [-0.4, -0.2) is 21.8 Å². The van der Waals surface area contributed by atoms with Gasteiger partial charge in [0.2, 0.25) is 5.91 Å². The van der Waals surface area contributed by atoms with E-state index in [1.807, 2.05) is 36.4 Å². The van der Waals surface area contributed by atoms with Crippen molar-refractivity contribution in [1.29, 1.82) is 0 Å². The summed E-state index contributed by atoms with van der Waals surface area (Å²) in [5.74, 6) is 1.01. The van der Waals surface area contributed by atoms with Gasteiger partial charge in [-0.15, -0.1) is 0 Å². The van der Waals surface area contributed by atoms with Crippen LogP contribution in [0.5, 0.6) is 0 Å². The van der Waals surface area contributed by atoms with E-state index in [1.165, 1.54) is 11.8 Å². The highest BCUT2D eigenvalue weighted by Gasteiger charge is 2.30. The molecule has 3 rings (SSSR count). The van der Waals surface area contributed by atoms with Gasteiger partial charge in [0.1, 0.15) is 5.82 Å². The Morgan fingerprint density at radius 2 is 2.00 bits per heavy atom. The Hall–Kier alpha value is -1.66. The quantitative estimate of drug-likeness (QED) is 0.833. The fourth-order valence-corrected chi connectivity index (χ4v) is 2.92. The lowest BCUT2D eigenvalue weighted by Crippen LogP contribution is -2.29. The van der Waals surface area contributed by atoms with Gasteiger partial charge >= 0.3 is 0 Å². The molecule has 0 N–H and O–H groups in total. The molecule has 0 spiro atoms. The van der Waals surface area contributed by atoms with Gasteiger partial charge in [-0.25, -0.2) is 14.9 Å². The van der Waals surface area contributed by atoms with Crippen LogP contribution in [-0.2, 0) is 4.79 Å². The Balaban J connectivity index is 1.96. The van der Waals surface area contributed by atoms with Crippen molar-refractivity contribution in [1.82, 2.24) is 4.98 Å². The summed E-state index contributed by atoms with van der Waals surface area (Å²) in [6.45, 7) is 0. The number of rotatable bonds is 2. The number of hydrogen-bond acceptors (Lipinski definition) is 4. The van der Waals surface area contributed by atoms with Crippen molar-refractivity contribution in [3.8, 4) is 0 Å². The summed E-state index contributed by atoms with van der Waals surface area (Å²) in [7, 11) is 0. The molecule has 0 saturated carbocycles. The van der Waals surface area contributed by atoms with Crippen molar-refractivity contribution >= 4 is 50.3 Å². The molecular weight excluding hydrogens is 338 g/mol.